The standard InChI is InChI=1S/C26H26F5N5O4/c1-13(33-22(40)24(27)25(28,29)26(24,30)31)19(37)35(2)18(9-14-7-8-14)20(38)36-12-23(10-15(36)11-32)16-5-3-4-6-17(16)34-21(23)39/h3-6,13-15,18H,7-10,12H2,1-2H3,(H,33,40)(H,34,39)/t13-,15-,18-,23-/m0/s1. The molecule has 0 aromatic heterocycles. The van der Waals surface area contributed by atoms with E-state index in [0.717, 1.165) is 24.7 Å². The average molecular weight is 568 g/mol. The second kappa shape index (κ2) is 8.87. The van der Waals surface area contributed by atoms with E-state index >= 15 is 0 Å². The zero-order valence-electron chi connectivity index (χ0n) is 21.5. The number of likely N-dealkylation sites (tertiary alicyclic amines) is 1. The van der Waals surface area contributed by atoms with Crippen LogP contribution < -0.4 is 10.6 Å². The number of nitrogens with one attached hydrogen (secondary N) is 2. The van der Waals surface area contributed by atoms with Crippen LogP contribution in [0.25, 0.3) is 0 Å². The Hall–Kier alpha value is -3.76. The van der Waals surface area contributed by atoms with Gasteiger partial charge >= 0.3 is 17.5 Å². The molecule has 14 heteroatoms. The van der Waals surface area contributed by atoms with Crippen LogP contribution in [0.3, 0.4) is 0 Å². The van der Waals surface area contributed by atoms with E-state index in [1.165, 1.54) is 11.9 Å². The van der Waals surface area contributed by atoms with E-state index in [0.29, 0.717) is 11.3 Å². The Bertz CT molecular complexity index is 1330. The molecule has 40 heavy (non-hydrogen) atoms. The monoisotopic (exact) mass is 567 g/mol. The van der Waals surface area contributed by atoms with Crippen LogP contribution in [0.4, 0.5) is 27.6 Å². The first kappa shape index (κ1) is 27.8. The number of alkyl halides is 5. The van der Waals surface area contributed by atoms with E-state index in [2.05, 4.69) is 11.4 Å². The number of carbonyl (C=O) groups is 4. The van der Waals surface area contributed by atoms with E-state index in [-0.39, 0.29) is 31.2 Å². The lowest BCUT2D eigenvalue weighted by Crippen LogP contribution is -2.56. The summed E-state index contributed by atoms with van der Waals surface area (Å²) in [5.74, 6) is -14.7. The summed E-state index contributed by atoms with van der Waals surface area (Å²) in [4.78, 5) is 54.2. The Labute approximate surface area is 225 Å². The van der Waals surface area contributed by atoms with E-state index in [4.69, 9.17) is 0 Å². The smallest absolute Gasteiger partial charge is 0.341 e. The minimum Gasteiger partial charge on any atom is -0.341 e. The van der Waals surface area contributed by atoms with Gasteiger partial charge in [-0.2, -0.15) is 22.8 Å². The van der Waals surface area contributed by atoms with E-state index in [1.807, 2.05) is 0 Å². The number of nitriles is 1. The summed E-state index contributed by atoms with van der Waals surface area (Å²) in [5, 5.41) is 14.2. The third-order valence-corrected chi connectivity index (χ3v) is 8.50. The van der Waals surface area contributed by atoms with Crippen LogP contribution in [0.5, 0.6) is 0 Å². The average Bonchev–Trinajstić information content (AvgIpc) is 3.68. The molecule has 1 aromatic carbocycles. The highest BCUT2D eigenvalue weighted by atomic mass is 19.3. The topological polar surface area (TPSA) is 123 Å². The number of amides is 4. The van der Waals surface area contributed by atoms with Crippen molar-refractivity contribution in [3.8, 4) is 6.07 Å². The molecule has 3 fully saturated rings. The third-order valence-electron chi connectivity index (χ3n) is 8.50. The quantitative estimate of drug-likeness (QED) is 0.489. The van der Waals surface area contributed by atoms with Crippen LogP contribution in [0, 0.1) is 17.2 Å². The number of likely N-dealkylation sites (N-methyl/N-ethyl adjacent to an activating group) is 1. The van der Waals surface area contributed by atoms with Gasteiger partial charge in [0.1, 0.15) is 18.1 Å². The van der Waals surface area contributed by atoms with E-state index < -0.39 is 58.8 Å². The van der Waals surface area contributed by atoms with E-state index in [9.17, 15) is 46.4 Å². The van der Waals surface area contributed by atoms with Gasteiger partial charge in [-0.1, -0.05) is 31.0 Å². The normalized spacial score (nSPS) is 28.2. The number of halogens is 5. The number of nitrogens with zero attached hydrogens (tertiary/aromatic N) is 3. The summed E-state index contributed by atoms with van der Waals surface area (Å²) in [6.45, 7) is 0.872. The minimum atomic E-state index is -5.22. The summed E-state index contributed by atoms with van der Waals surface area (Å²) < 4.78 is 67.4. The van der Waals surface area contributed by atoms with Crippen LogP contribution in [-0.2, 0) is 24.6 Å². The molecule has 1 spiro atoms. The molecule has 1 saturated heterocycles. The fourth-order valence-electron chi connectivity index (χ4n) is 5.76. The van der Waals surface area contributed by atoms with Crippen molar-refractivity contribution >= 4 is 29.3 Å². The molecule has 4 amide bonds. The lowest BCUT2D eigenvalue weighted by atomic mass is 9.80. The van der Waals surface area contributed by atoms with Crippen LogP contribution >= 0.6 is 0 Å². The van der Waals surface area contributed by atoms with Crippen molar-refractivity contribution in [2.75, 3.05) is 18.9 Å². The predicted molar refractivity (Wildman–Crippen MR) is 128 cm³/mol. The molecule has 2 N–H and O–H groups in total. The Morgan fingerprint density at radius 1 is 1.18 bits per heavy atom. The van der Waals surface area contributed by atoms with Gasteiger partial charge in [0, 0.05) is 25.7 Å². The van der Waals surface area contributed by atoms with Crippen molar-refractivity contribution in [3.63, 3.8) is 0 Å². The fraction of sp³-hybridized carbons (Fsp3) is 0.577. The first-order chi connectivity index (χ1) is 18.6. The molecule has 214 valence electrons. The molecule has 2 heterocycles. The number of para-hydroxylation sites is 1. The van der Waals surface area contributed by atoms with Crippen molar-refractivity contribution < 1.29 is 41.1 Å². The molecule has 2 saturated carbocycles. The Kier molecular flexibility index (Phi) is 6.16. The summed E-state index contributed by atoms with van der Waals surface area (Å²) in [6, 6.07) is 5.08. The van der Waals surface area contributed by atoms with Crippen molar-refractivity contribution in [2.24, 2.45) is 5.92 Å². The minimum absolute atomic E-state index is 0.0271. The van der Waals surface area contributed by atoms with Crippen LogP contribution in [-0.4, -0.2) is 82.7 Å². The van der Waals surface area contributed by atoms with Gasteiger partial charge < -0.3 is 20.4 Å². The second-order valence-electron chi connectivity index (χ2n) is 11.0. The van der Waals surface area contributed by atoms with Crippen LogP contribution in [0.2, 0.25) is 0 Å². The lowest BCUT2D eigenvalue weighted by Gasteiger charge is -2.34. The van der Waals surface area contributed by atoms with Gasteiger partial charge in [-0.05, 0) is 30.9 Å². The number of benzene rings is 1. The molecule has 9 nitrogen and oxygen atoms in total. The zero-order chi connectivity index (χ0) is 29.4. The summed E-state index contributed by atoms with van der Waals surface area (Å²) >= 11 is 0. The highest BCUT2D eigenvalue weighted by molar-refractivity contribution is 6.07. The summed E-state index contributed by atoms with van der Waals surface area (Å²) in [6.07, 6.45) is 1.75. The molecule has 0 unspecified atom stereocenters. The molecular weight excluding hydrogens is 541 g/mol. The second-order valence-corrected chi connectivity index (χ2v) is 11.0. The van der Waals surface area contributed by atoms with Crippen molar-refractivity contribution in [2.45, 2.75) is 73.7 Å². The maximum Gasteiger partial charge on any atom is 0.362 e. The molecule has 1 aromatic rings. The van der Waals surface area contributed by atoms with Crippen LogP contribution in [0.15, 0.2) is 24.3 Å². The Morgan fingerprint density at radius 3 is 2.38 bits per heavy atom. The van der Waals surface area contributed by atoms with Gasteiger partial charge in [-0.25, -0.2) is 4.39 Å². The zero-order valence-corrected chi connectivity index (χ0v) is 21.5. The molecule has 0 radical (unpaired) electrons. The van der Waals surface area contributed by atoms with Gasteiger partial charge in [0.05, 0.1) is 11.5 Å². The van der Waals surface area contributed by atoms with Crippen molar-refractivity contribution in [1.82, 2.24) is 15.1 Å². The number of hydrogen-bond acceptors (Lipinski definition) is 5. The summed E-state index contributed by atoms with van der Waals surface area (Å²) in [5.41, 5.74) is -4.74. The number of hydrogen-bond donors (Lipinski definition) is 2. The molecule has 0 bridgehead atoms. The largest absolute Gasteiger partial charge is 0.362 e. The number of fused-ring (bicyclic) bond motifs is 2. The highest BCUT2D eigenvalue weighted by Crippen LogP contribution is 2.68. The first-order valence-corrected chi connectivity index (χ1v) is 12.8. The molecular formula is C26H26F5N5O4. The van der Waals surface area contributed by atoms with Gasteiger partial charge in [-0.15, -0.1) is 0 Å². The van der Waals surface area contributed by atoms with Gasteiger partial charge in [0.15, 0.2) is 0 Å². The van der Waals surface area contributed by atoms with Crippen molar-refractivity contribution in [3.05, 3.63) is 29.8 Å². The number of carbonyl (C=O) groups excluding carboxylic acids is 4. The maximum absolute atomic E-state index is 14.1. The van der Waals surface area contributed by atoms with Gasteiger partial charge in [-0.3, -0.25) is 19.2 Å². The summed E-state index contributed by atoms with van der Waals surface area (Å²) in [7, 11) is 1.21. The molecule has 4 aliphatic rings. The molecule has 2 aliphatic heterocycles. The highest BCUT2D eigenvalue weighted by Gasteiger charge is 3.02. The van der Waals surface area contributed by atoms with Crippen LogP contribution in [0.1, 0.15) is 38.2 Å². The predicted octanol–water partition coefficient (Wildman–Crippen LogP) is 2.13. The SMILES string of the molecule is C[C@H](NC(=O)C1(F)C(F)(F)C1(F)F)C(=O)N(C)[C@@H](CC1CC1)C(=O)N1C[C@]2(C[C@H]1C#N)C(=O)Nc1ccccc12. The molecule has 5 rings (SSSR count). The Balaban J connectivity index is 1.35. The molecule has 4 atom stereocenters. The van der Waals surface area contributed by atoms with Crippen molar-refractivity contribution in [1.29, 1.82) is 5.26 Å². The van der Waals surface area contributed by atoms with Gasteiger partial charge in [0.2, 0.25) is 17.7 Å². The van der Waals surface area contributed by atoms with E-state index in [1.54, 1.807) is 29.6 Å². The Morgan fingerprint density at radius 2 is 1.80 bits per heavy atom. The van der Waals surface area contributed by atoms with Gasteiger partial charge in [0.25, 0.3) is 5.91 Å². The number of rotatable bonds is 7. The number of anilines is 1. The lowest BCUT2D eigenvalue weighted by molar-refractivity contribution is -0.147. The maximum atomic E-state index is 14.1. The fourth-order valence-corrected chi connectivity index (χ4v) is 5.76. The first-order valence-electron chi connectivity index (χ1n) is 12.8. The molecule has 2 aliphatic carbocycles. The third kappa shape index (κ3) is 3.69.